The Hall–Kier alpha value is -2.83. The molecule has 2 aromatic rings. The van der Waals surface area contributed by atoms with E-state index in [-0.39, 0.29) is 18.0 Å². The number of hydrogen-bond acceptors (Lipinski definition) is 5. The Morgan fingerprint density at radius 3 is 2.95 bits per heavy atom. The number of hydrogen-bond donors (Lipinski definition) is 2. The highest BCUT2D eigenvalue weighted by Gasteiger charge is 2.15. The van der Waals surface area contributed by atoms with Crippen molar-refractivity contribution in [3.05, 3.63) is 46.6 Å². The molecule has 7 heteroatoms. The molecule has 0 atom stereocenters. The third-order valence-corrected chi connectivity index (χ3v) is 2.54. The van der Waals surface area contributed by atoms with Gasteiger partial charge in [-0.1, -0.05) is 0 Å². The van der Waals surface area contributed by atoms with E-state index in [1.165, 1.54) is 6.33 Å². The molecule has 0 fully saturated rings. The molecule has 0 bridgehead atoms. The normalized spacial score (nSPS) is 12.2. The third kappa shape index (κ3) is 2.25. The van der Waals surface area contributed by atoms with E-state index in [0.29, 0.717) is 17.2 Å². The monoisotopic (exact) mass is 259 g/mol. The zero-order valence-corrected chi connectivity index (χ0v) is 9.67. The Kier molecular flexibility index (Phi) is 2.64. The number of ether oxygens (including phenoxy) is 2. The van der Waals surface area contributed by atoms with Crippen LogP contribution in [0.4, 0.5) is 5.69 Å². The van der Waals surface area contributed by atoms with Crippen LogP contribution in [0.5, 0.6) is 11.5 Å². The molecule has 19 heavy (non-hydrogen) atoms. The van der Waals surface area contributed by atoms with Gasteiger partial charge in [0.1, 0.15) is 5.69 Å². The maximum atomic E-state index is 11.9. The van der Waals surface area contributed by atoms with E-state index in [4.69, 9.17) is 9.47 Å². The van der Waals surface area contributed by atoms with Gasteiger partial charge in [0.2, 0.25) is 6.79 Å². The van der Waals surface area contributed by atoms with Crippen LogP contribution in [0, 0.1) is 0 Å². The highest BCUT2D eigenvalue weighted by atomic mass is 16.7. The van der Waals surface area contributed by atoms with Crippen LogP contribution in [0.15, 0.2) is 35.4 Å². The number of nitrogens with zero attached hydrogens (tertiary/aromatic N) is 1. The van der Waals surface area contributed by atoms with Crippen molar-refractivity contribution in [3.8, 4) is 11.5 Å². The highest BCUT2D eigenvalue weighted by Crippen LogP contribution is 2.34. The van der Waals surface area contributed by atoms with Gasteiger partial charge in [0.15, 0.2) is 11.5 Å². The smallest absolute Gasteiger partial charge is 0.274 e. The molecule has 1 amide bonds. The Morgan fingerprint density at radius 2 is 2.11 bits per heavy atom. The molecule has 96 valence electrons. The number of aromatic nitrogens is 2. The topological polar surface area (TPSA) is 93.3 Å². The van der Waals surface area contributed by atoms with E-state index in [1.54, 1.807) is 18.2 Å². The molecule has 0 aliphatic carbocycles. The van der Waals surface area contributed by atoms with E-state index < -0.39 is 5.91 Å². The van der Waals surface area contributed by atoms with Crippen LogP contribution in [-0.2, 0) is 0 Å². The minimum Gasteiger partial charge on any atom is -0.454 e. The molecule has 0 saturated heterocycles. The van der Waals surface area contributed by atoms with E-state index >= 15 is 0 Å². The molecule has 1 aliphatic rings. The average Bonchev–Trinajstić information content (AvgIpc) is 2.86. The molecular formula is C12H9N3O4. The first-order valence-corrected chi connectivity index (χ1v) is 5.48. The van der Waals surface area contributed by atoms with E-state index in [9.17, 15) is 9.59 Å². The number of rotatable bonds is 2. The Bertz CT molecular complexity index is 695. The van der Waals surface area contributed by atoms with Crippen molar-refractivity contribution in [2.75, 3.05) is 12.1 Å². The molecule has 3 rings (SSSR count). The second-order valence-electron chi connectivity index (χ2n) is 3.82. The number of fused-ring (bicyclic) bond motifs is 1. The van der Waals surface area contributed by atoms with Gasteiger partial charge in [-0.25, -0.2) is 4.98 Å². The van der Waals surface area contributed by atoms with Gasteiger partial charge in [0.25, 0.3) is 11.5 Å². The van der Waals surface area contributed by atoms with Gasteiger partial charge in [0.05, 0.1) is 6.33 Å². The minimum absolute atomic E-state index is 0.0430. The maximum Gasteiger partial charge on any atom is 0.274 e. The van der Waals surface area contributed by atoms with Crippen LogP contribution in [0.25, 0.3) is 0 Å². The number of amides is 1. The summed E-state index contributed by atoms with van der Waals surface area (Å²) in [5.74, 6) is 0.730. The number of carbonyl (C=O) groups excluding carboxylic acids is 1. The first-order valence-electron chi connectivity index (χ1n) is 5.48. The van der Waals surface area contributed by atoms with Crippen LogP contribution in [-0.4, -0.2) is 22.7 Å². The molecule has 0 unspecified atom stereocenters. The first-order chi connectivity index (χ1) is 9.22. The van der Waals surface area contributed by atoms with Crippen LogP contribution in [0.2, 0.25) is 0 Å². The van der Waals surface area contributed by atoms with Crippen LogP contribution < -0.4 is 20.3 Å². The average molecular weight is 259 g/mol. The number of carbonyl (C=O) groups is 1. The minimum atomic E-state index is -0.468. The predicted molar refractivity (Wildman–Crippen MR) is 65.4 cm³/mol. The molecule has 2 heterocycles. The lowest BCUT2D eigenvalue weighted by molar-refractivity contribution is 0.102. The lowest BCUT2D eigenvalue weighted by Gasteiger charge is -2.05. The lowest BCUT2D eigenvalue weighted by atomic mass is 10.2. The second-order valence-corrected chi connectivity index (χ2v) is 3.82. The zero-order valence-electron chi connectivity index (χ0n) is 9.67. The van der Waals surface area contributed by atoms with Crippen molar-refractivity contribution in [3.63, 3.8) is 0 Å². The van der Waals surface area contributed by atoms with Crippen molar-refractivity contribution in [1.29, 1.82) is 0 Å². The summed E-state index contributed by atoms with van der Waals surface area (Å²) in [7, 11) is 0. The van der Waals surface area contributed by atoms with Gasteiger partial charge in [-0.3, -0.25) is 9.59 Å². The predicted octanol–water partition coefficient (Wildman–Crippen LogP) is 0.751. The van der Waals surface area contributed by atoms with E-state index in [0.717, 1.165) is 6.07 Å². The van der Waals surface area contributed by atoms with Crippen molar-refractivity contribution < 1.29 is 14.3 Å². The Morgan fingerprint density at radius 1 is 1.26 bits per heavy atom. The van der Waals surface area contributed by atoms with Gasteiger partial charge in [-0.2, -0.15) is 0 Å². The largest absolute Gasteiger partial charge is 0.454 e. The molecule has 2 N–H and O–H groups in total. The fourth-order valence-corrected chi connectivity index (χ4v) is 1.66. The molecule has 1 aromatic carbocycles. The number of H-pyrrole nitrogens is 1. The molecule has 1 aliphatic heterocycles. The summed E-state index contributed by atoms with van der Waals surface area (Å²) in [4.78, 5) is 29.1. The summed E-state index contributed by atoms with van der Waals surface area (Å²) in [6.45, 7) is 0.169. The van der Waals surface area contributed by atoms with Crippen molar-refractivity contribution in [2.24, 2.45) is 0 Å². The summed E-state index contributed by atoms with van der Waals surface area (Å²) in [5, 5.41) is 2.63. The number of anilines is 1. The van der Waals surface area contributed by atoms with Crippen molar-refractivity contribution in [1.82, 2.24) is 9.97 Å². The van der Waals surface area contributed by atoms with Gasteiger partial charge in [0, 0.05) is 17.8 Å². The third-order valence-electron chi connectivity index (χ3n) is 2.54. The SMILES string of the molecule is O=C(Nc1ccc2c(c1)OCO2)c1cc(=O)[nH]cn1. The molecule has 0 radical (unpaired) electrons. The lowest BCUT2D eigenvalue weighted by Crippen LogP contribution is -2.17. The van der Waals surface area contributed by atoms with Crippen molar-refractivity contribution >= 4 is 11.6 Å². The quantitative estimate of drug-likeness (QED) is 0.830. The number of nitrogens with one attached hydrogen (secondary N) is 2. The molecule has 1 aromatic heterocycles. The van der Waals surface area contributed by atoms with Gasteiger partial charge in [-0.05, 0) is 12.1 Å². The first kappa shape index (κ1) is 11.3. The summed E-state index contributed by atoms with van der Waals surface area (Å²) in [6, 6.07) is 6.15. The molecule has 0 saturated carbocycles. The van der Waals surface area contributed by atoms with E-state index in [2.05, 4.69) is 15.3 Å². The summed E-state index contributed by atoms with van der Waals surface area (Å²) in [6.07, 6.45) is 1.18. The fourth-order valence-electron chi connectivity index (χ4n) is 1.66. The summed E-state index contributed by atoms with van der Waals surface area (Å²) < 4.78 is 10.4. The summed E-state index contributed by atoms with van der Waals surface area (Å²) >= 11 is 0. The molecule has 0 spiro atoms. The Labute approximate surface area is 107 Å². The summed E-state index contributed by atoms with van der Waals surface area (Å²) in [5.41, 5.74) is 0.198. The van der Waals surface area contributed by atoms with E-state index in [1.807, 2.05) is 0 Å². The van der Waals surface area contributed by atoms with Crippen molar-refractivity contribution in [2.45, 2.75) is 0 Å². The van der Waals surface area contributed by atoms with Crippen LogP contribution in [0.3, 0.4) is 0 Å². The number of benzene rings is 1. The van der Waals surface area contributed by atoms with Crippen LogP contribution in [0.1, 0.15) is 10.5 Å². The number of aromatic amines is 1. The van der Waals surface area contributed by atoms with Gasteiger partial charge < -0.3 is 19.8 Å². The van der Waals surface area contributed by atoms with Gasteiger partial charge in [-0.15, -0.1) is 0 Å². The highest BCUT2D eigenvalue weighted by molar-refractivity contribution is 6.02. The van der Waals surface area contributed by atoms with Crippen LogP contribution >= 0.6 is 0 Å². The maximum absolute atomic E-state index is 11.9. The fraction of sp³-hybridized carbons (Fsp3) is 0.0833. The molecular weight excluding hydrogens is 250 g/mol. The second kappa shape index (κ2) is 4.45. The van der Waals surface area contributed by atoms with Gasteiger partial charge >= 0.3 is 0 Å². The zero-order chi connectivity index (χ0) is 13.2. The Balaban J connectivity index is 1.82. The standard InChI is InChI=1S/C12H9N3O4/c16-11-4-8(13-5-14-11)12(17)15-7-1-2-9-10(3-7)19-6-18-9/h1-5H,6H2,(H,15,17)(H,13,14,16). The molecule has 7 nitrogen and oxygen atoms in total.